The molecule has 19 heavy (non-hydrogen) atoms. The number of rotatable bonds is 3. The van der Waals surface area contributed by atoms with Crippen LogP contribution < -0.4 is 5.32 Å². The van der Waals surface area contributed by atoms with Crippen molar-refractivity contribution < 1.29 is 4.79 Å². The van der Waals surface area contributed by atoms with E-state index in [0.717, 1.165) is 9.35 Å². The van der Waals surface area contributed by atoms with Crippen LogP contribution in [0.3, 0.4) is 0 Å². The van der Waals surface area contributed by atoms with Gasteiger partial charge in [0, 0.05) is 0 Å². The highest BCUT2D eigenvalue weighted by molar-refractivity contribution is 9.11. The lowest BCUT2D eigenvalue weighted by molar-refractivity contribution is 0.0944. The molecule has 2 aromatic rings. The van der Waals surface area contributed by atoms with Crippen LogP contribution >= 0.6 is 50.5 Å². The van der Waals surface area contributed by atoms with Crippen LogP contribution in [0.5, 0.6) is 0 Å². The molecule has 100 valence electrons. The molecule has 2 rings (SSSR count). The van der Waals surface area contributed by atoms with Crippen molar-refractivity contribution in [2.75, 3.05) is 0 Å². The molecule has 0 aliphatic carbocycles. The van der Waals surface area contributed by atoms with Crippen LogP contribution in [0, 0.1) is 0 Å². The normalized spacial score (nSPS) is 12.2. The highest BCUT2D eigenvalue weighted by Crippen LogP contribution is 2.26. The predicted octanol–water partition coefficient (Wildman–Crippen LogP) is 5.31. The van der Waals surface area contributed by atoms with E-state index in [9.17, 15) is 4.79 Å². The van der Waals surface area contributed by atoms with E-state index in [1.165, 1.54) is 11.3 Å². The topological polar surface area (TPSA) is 29.1 Å². The van der Waals surface area contributed by atoms with Crippen molar-refractivity contribution in [3.8, 4) is 0 Å². The summed E-state index contributed by atoms with van der Waals surface area (Å²) in [5.74, 6) is -0.103. The van der Waals surface area contributed by atoms with E-state index >= 15 is 0 Å². The van der Waals surface area contributed by atoms with E-state index in [0.29, 0.717) is 14.9 Å². The zero-order valence-corrected chi connectivity index (χ0v) is 13.8. The first-order valence-corrected chi connectivity index (χ1v) is 7.85. The molecule has 0 bridgehead atoms. The summed E-state index contributed by atoms with van der Waals surface area (Å²) in [5, 5.41) is 3.91. The quantitative estimate of drug-likeness (QED) is 0.770. The van der Waals surface area contributed by atoms with Crippen molar-refractivity contribution in [1.82, 2.24) is 5.32 Å². The Hall–Kier alpha value is -0.550. The summed E-state index contributed by atoms with van der Waals surface area (Å²) in [4.78, 5) is 12.7. The minimum absolute atomic E-state index is 0.103. The van der Waals surface area contributed by atoms with Gasteiger partial charge >= 0.3 is 0 Å². The van der Waals surface area contributed by atoms with Crippen LogP contribution in [-0.2, 0) is 0 Å². The van der Waals surface area contributed by atoms with Gasteiger partial charge in [-0.2, -0.15) is 0 Å². The lowest BCUT2D eigenvalue weighted by Crippen LogP contribution is -2.25. The van der Waals surface area contributed by atoms with E-state index in [-0.39, 0.29) is 11.9 Å². The third-order valence-corrected chi connectivity index (χ3v) is 4.95. The van der Waals surface area contributed by atoms with E-state index in [2.05, 4.69) is 21.2 Å². The molecule has 0 aliphatic heterocycles. The molecular weight excluding hydrogens is 369 g/mol. The van der Waals surface area contributed by atoms with Gasteiger partial charge in [-0.05, 0) is 52.7 Å². The van der Waals surface area contributed by atoms with Crippen molar-refractivity contribution >= 4 is 56.4 Å². The minimum atomic E-state index is -0.136. The number of hydrogen-bond acceptors (Lipinski definition) is 2. The summed E-state index contributed by atoms with van der Waals surface area (Å²) in [5.41, 5.74) is 0.915. The number of halogens is 3. The molecule has 1 N–H and O–H groups in total. The molecule has 0 saturated heterocycles. The van der Waals surface area contributed by atoms with Crippen LogP contribution in [-0.4, -0.2) is 5.91 Å². The molecule has 0 unspecified atom stereocenters. The summed E-state index contributed by atoms with van der Waals surface area (Å²) in [6.45, 7) is 1.90. The van der Waals surface area contributed by atoms with Crippen LogP contribution in [0.4, 0.5) is 0 Å². The monoisotopic (exact) mass is 377 g/mol. The summed E-state index contributed by atoms with van der Waals surface area (Å²) in [6, 6.07) is 8.84. The number of carbonyl (C=O) groups excluding carboxylic acids is 1. The first kappa shape index (κ1) is 14.9. The Morgan fingerprint density at radius 2 is 2.00 bits per heavy atom. The van der Waals surface area contributed by atoms with Gasteiger partial charge in [0.2, 0.25) is 0 Å². The van der Waals surface area contributed by atoms with Gasteiger partial charge in [0.1, 0.15) is 0 Å². The molecule has 0 spiro atoms. The number of carbonyl (C=O) groups is 1. The van der Waals surface area contributed by atoms with E-state index < -0.39 is 0 Å². The van der Waals surface area contributed by atoms with Crippen LogP contribution in [0.1, 0.15) is 28.2 Å². The SMILES string of the molecule is C[C@@H](NC(=O)c1ccc(Br)s1)c1ccc(Cl)c(Cl)c1. The Morgan fingerprint density at radius 3 is 2.58 bits per heavy atom. The minimum Gasteiger partial charge on any atom is -0.345 e. The molecule has 0 aliphatic rings. The fourth-order valence-electron chi connectivity index (χ4n) is 1.57. The molecular formula is C13H10BrCl2NOS. The van der Waals surface area contributed by atoms with Gasteiger partial charge in [-0.1, -0.05) is 29.3 Å². The number of nitrogens with one attached hydrogen (secondary N) is 1. The van der Waals surface area contributed by atoms with Gasteiger partial charge in [-0.25, -0.2) is 0 Å². The summed E-state index contributed by atoms with van der Waals surface area (Å²) in [7, 11) is 0. The van der Waals surface area contributed by atoms with Gasteiger partial charge in [0.05, 0.1) is 24.8 Å². The fourth-order valence-corrected chi connectivity index (χ4v) is 3.16. The second-order valence-electron chi connectivity index (χ2n) is 3.97. The maximum Gasteiger partial charge on any atom is 0.261 e. The lowest BCUT2D eigenvalue weighted by atomic mass is 10.1. The molecule has 0 radical (unpaired) electrons. The first-order chi connectivity index (χ1) is 8.97. The Morgan fingerprint density at radius 1 is 1.26 bits per heavy atom. The molecule has 0 saturated carbocycles. The molecule has 1 aromatic carbocycles. The summed E-state index contributed by atoms with van der Waals surface area (Å²) in [6.07, 6.45) is 0. The molecule has 6 heteroatoms. The standard InChI is InChI=1S/C13H10BrCl2NOS/c1-7(8-2-3-9(15)10(16)6-8)17-13(18)11-4-5-12(14)19-11/h2-7H,1H3,(H,17,18)/t7-/m1/s1. The Balaban J connectivity index is 2.10. The number of thiophene rings is 1. The molecule has 1 aromatic heterocycles. The van der Waals surface area contributed by atoms with E-state index in [4.69, 9.17) is 23.2 Å². The molecule has 1 amide bonds. The number of hydrogen-bond donors (Lipinski definition) is 1. The maximum absolute atomic E-state index is 12.0. The van der Waals surface area contributed by atoms with Crippen molar-refractivity contribution in [2.45, 2.75) is 13.0 Å². The van der Waals surface area contributed by atoms with Crippen molar-refractivity contribution in [1.29, 1.82) is 0 Å². The largest absolute Gasteiger partial charge is 0.345 e. The van der Waals surface area contributed by atoms with Gasteiger partial charge in [-0.15, -0.1) is 11.3 Å². The second kappa shape index (κ2) is 6.27. The average Bonchev–Trinajstić information content (AvgIpc) is 2.79. The molecule has 0 fully saturated rings. The average molecular weight is 379 g/mol. The maximum atomic E-state index is 12.0. The van der Waals surface area contributed by atoms with Crippen LogP contribution in [0.15, 0.2) is 34.1 Å². The van der Waals surface area contributed by atoms with Crippen molar-refractivity contribution in [3.05, 3.63) is 54.6 Å². The van der Waals surface area contributed by atoms with Gasteiger partial charge < -0.3 is 5.32 Å². The zero-order chi connectivity index (χ0) is 14.0. The van der Waals surface area contributed by atoms with Crippen molar-refractivity contribution in [2.24, 2.45) is 0 Å². The number of amides is 1. The second-order valence-corrected chi connectivity index (χ2v) is 7.25. The number of benzene rings is 1. The third-order valence-electron chi connectivity index (χ3n) is 2.59. The lowest BCUT2D eigenvalue weighted by Gasteiger charge is -2.14. The summed E-state index contributed by atoms with van der Waals surface area (Å²) >= 11 is 16.6. The first-order valence-electron chi connectivity index (χ1n) is 5.48. The Labute approximate surface area is 133 Å². The molecule has 2 nitrogen and oxygen atoms in total. The van der Waals surface area contributed by atoms with Gasteiger partial charge in [0.25, 0.3) is 5.91 Å². The Bertz CT molecular complexity index is 614. The van der Waals surface area contributed by atoms with E-state index in [1.54, 1.807) is 18.2 Å². The van der Waals surface area contributed by atoms with Gasteiger partial charge in [-0.3, -0.25) is 4.79 Å². The third kappa shape index (κ3) is 3.72. The highest BCUT2D eigenvalue weighted by atomic mass is 79.9. The predicted molar refractivity (Wildman–Crippen MR) is 84.4 cm³/mol. The van der Waals surface area contributed by atoms with Gasteiger partial charge in [0.15, 0.2) is 0 Å². The fraction of sp³-hybridized carbons (Fsp3) is 0.154. The highest BCUT2D eigenvalue weighted by Gasteiger charge is 2.14. The zero-order valence-electron chi connectivity index (χ0n) is 9.91. The molecule has 1 atom stereocenters. The van der Waals surface area contributed by atoms with E-state index in [1.807, 2.05) is 19.1 Å². The van der Waals surface area contributed by atoms with Crippen molar-refractivity contribution in [3.63, 3.8) is 0 Å². The smallest absolute Gasteiger partial charge is 0.261 e. The van der Waals surface area contributed by atoms with Crippen LogP contribution in [0.25, 0.3) is 0 Å². The van der Waals surface area contributed by atoms with Crippen LogP contribution in [0.2, 0.25) is 10.0 Å². The summed E-state index contributed by atoms with van der Waals surface area (Å²) < 4.78 is 0.930. The Kier molecular flexibility index (Phi) is 4.90. The molecule has 1 heterocycles.